The van der Waals surface area contributed by atoms with E-state index in [1.165, 1.54) is 29.5 Å². The number of nitro benzene ring substituents is 1. The van der Waals surface area contributed by atoms with Gasteiger partial charge in [0.05, 0.1) is 15.6 Å². The second-order valence-corrected chi connectivity index (χ2v) is 8.36. The van der Waals surface area contributed by atoms with Crippen molar-refractivity contribution >= 4 is 62.7 Å². The monoisotopic (exact) mass is 476 g/mol. The van der Waals surface area contributed by atoms with Gasteiger partial charge < -0.3 is 4.90 Å². The van der Waals surface area contributed by atoms with Crippen LogP contribution in [0.4, 0.5) is 17.3 Å². The van der Waals surface area contributed by atoms with Crippen molar-refractivity contribution in [1.29, 1.82) is 0 Å². The largest absolute Gasteiger partial charge is 0.372 e. The molecule has 12 heteroatoms. The Labute approximate surface area is 190 Å². The van der Waals surface area contributed by atoms with Crippen LogP contribution in [0.25, 0.3) is 16.2 Å². The van der Waals surface area contributed by atoms with Gasteiger partial charge in [-0.15, -0.1) is 16.4 Å². The zero-order valence-electron chi connectivity index (χ0n) is 16.2. The van der Waals surface area contributed by atoms with Crippen molar-refractivity contribution < 1.29 is 9.72 Å². The molecule has 4 rings (SSSR count). The molecule has 0 bridgehead atoms. The minimum absolute atomic E-state index is 0.0654. The number of fused-ring (bicyclic) bond motifs is 1. The van der Waals surface area contributed by atoms with Crippen LogP contribution >= 0.6 is 34.5 Å². The number of nitrogens with zero attached hydrogens (tertiary/aromatic N) is 5. The fourth-order valence-electron chi connectivity index (χ4n) is 2.98. The summed E-state index contributed by atoms with van der Waals surface area (Å²) >= 11 is 13.7. The summed E-state index contributed by atoms with van der Waals surface area (Å²) in [7, 11) is 3.38. The van der Waals surface area contributed by atoms with Gasteiger partial charge in [0.25, 0.3) is 17.5 Å². The Hall–Kier alpha value is -3.21. The zero-order valence-corrected chi connectivity index (χ0v) is 18.5. The standard InChI is InChI=1S/C19H14Cl2N6O3S/c1-25(2)14-6-3-10(7-15(14)27(29)30)17(28)22-18-23-19-26(24-18)16(9-31-19)12-8-11(20)4-5-13(12)21/h3-9H,1-2H3,(H,22,24,28). The number of rotatable bonds is 5. The molecule has 31 heavy (non-hydrogen) atoms. The lowest BCUT2D eigenvalue weighted by Crippen LogP contribution is -2.15. The Kier molecular flexibility index (Phi) is 5.52. The highest BCUT2D eigenvalue weighted by Gasteiger charge is 2.20. The van der Waals surface area contributed by atoms with Crippen LogP contribution in [0, 0.1) is 10.1 Å². The summed E-state index contributed by atoms with van der Waals surface area (Å²) in [5.41, 5.74) is 1.69. The molecule has 1 amide bonds. The maximum absolute atomic E-state index is 12.7. The van der Waals surface area contributed by atoms with E-state index in [-0.39, 0.29) is 17.2 Å². The molecular formula is C19H14Cl2N6O3S. The number of hydrogen-bond acceptors (Lipinski definition) is 7. The van der Waals surface area contributed by atoms with Crippen molar-refractivity contribution in [2.45, 2.75) is 0 Å². The summed E-state index contributed by atoms with van der Waals surface area (Å²) in [5, 5.41) is 21.1. The van der Waals surface area contributed by atoms with Crippen LogP contribution < -0.4 is 10.2 Å². The van der Waals surface area contributed by atoms with Gasteiger partial charge in [-0.2, -0.15) is 4.98 Å². The van der Waals surface area contributed by atoms with E-state index in [2.05, 4.69) is 15.4 Å². The lowest BCUT2D eigenvalue weighted by Gasteiger charge is -2.13. The van der Waals surface area contributed by atoms with Gasteiger partial charge in [0.2, 0.25) is 4.96 Å². The summed E-state index contributed by atoms with van der Waals surface area (Å²) < 4.78 is 1.55. The van der Waals surface area contributed by atoms with Crippen LogP contribution in [0.1, 0.15) is 10.4 Å². The fourth-order valence-corrected chi connectivity index (χ4v) is 4.19. The van der Waals surface area contributed by atoms with E-state index >= 15 is 0 Å². The van der Waals surface area contributed by atoms with Crippen LogP contribution in [-0.2, 0) is 0 Å². The van der Waals surface area contributed by atoms with Crippen molar-refractivity contribution in [3.63, 3.8) is 0 Å². The minimum Gasteiger partial charge on any atom is -0.372 e. The van der Waals surface area contributed by atoms with Crippen molar-refractivity contribution in [1.82, 2.24) is 14.6 Å². The first-order chi connectivity index (χ1) is 14.7. The van der Waals surface area contributed by atoms with Crippen LogP contribution in [0.2, 0.25) is 10.0 Å². The number of carbonyl (C=O) groups excluding carboxylic acids is 1. The molecule has 1 N–H and O–H groups in total. The van der Waals surface area contributed by atoms with Crippen molar-refractivity contribution in [3.05, 3.63) is 67.5 Å². The number of halogens is 2. The quantitative estimate of drug-likeness (QED) is 0.321. The number of amides is 1. The lowest BCUT2D eigenvalue weighted by molar-refractivity contribution is -0.384. The second-order valence-electron chi connectivity index (χ2n) is 6.68. The van der Waals surface area contributed by atoms with Crippen molar-refractivity contribution in [3.8, 4) is 11.3 Å². The maximum Gasteiger partial charge on any atom is 0.293 e. The zero-order chi connectivity index (χ0) is 22.3. The molecule has 0 fully saturated rings. The van der Waals surface area contributed by atoms with E-state index in [9.17, 15) is 14.9 Å². The molecule has 2 aromatic carbocycles. The normalized spacial score (nSPS) is 11.0. The Morgan fingerprint density at radius 3 is 2.71 bits per heavy atom. The Morgan fingerprint density at radius 2 is 2.00 bits per heavy atom. The highest BCUT2D eigenvalue weighted by molar-refractivity contribution is 7.15. The predicted molar refractivity (Wildman–Crippen MR) is 122 cm³/mol. The molecule has 0 saturated carbocycles. The van der Waals surface area contributed by atoms with E-state index in [1.807, 2.05) is 5.38 Å². The average Bonchev–Trinajstić information content (AvgIpc) is 3.29. The molecule has 0 spiro atoms. The van der Waals surface area contributed by atoms with E-state index in [1.54, 1.807) is 41.7 Å². The number of carbonyl (C=O) groups is 1. The first kappa shape index (κ1) is 21.0. The van der Waals surface area contributed by atoms with Gasteiger partial charge in [-0.25, -0.2) is 4.52 Å². The number of benzene rings is 2. The molecule has 0 radical (unpaired) electrons. The molecular weight excluding hydrogens is 463 g/mol. The second kappa shape index (κ2) is 8.14. The molecule has 0 saturated heterocycles. The van der Waals surface area contributed by atoms with Crippen LogP contribution in [0.3, 0.4) is 0 Å². The van der Waals surface area contributed by atoms with Crippen molar-refractivity contribution in [2.24, 2.45) is 0 Å². The van der Waals surface area contributed by atoms with E-state index < -0.39 is 10.8 Å². The van der Waals surface area contributed by atoms with Crippen LogP contribution in [0.15, 0.2) is 41.8 Å². The SMILES string of the molecule is CN(C)c1ccc(C(=O)Nc2nc3scc(-c4cc(Cl)ccc4Cl)n3n2)cc1[N+](=O)[O-]. The number of anilines is 2. The molecule has 2 heterocycles. The minimum atomic E-state index is -0.561. The van der Waals surface area contributed by atoms with E-state index in [0.29, 0.717) is 32.0 Å². The molecule has 2 aromatic heterocycles. The Balaban J connectivity index is 1.65. The van der Waals surface area contributed by atoms with Crippen LogP contribution in [-0.4, -0.2) is 39.5 Å². The van der Waals surface area contributed by atoms with Gasteiger partial charge in [0.15, 0.2) is 0 Å². The van der Waals surface area contributed by atoms with E-state index in [4.69, 9.17) is 23.2 Å². The van der Waals surface area contributed by atoms with Gasteiger partial charge in [-0.05, 0) is 30.3 Å². The van der Waals surface area contributed by atoms with Crippen molar-refractivity contribution in [2.75, 3.05) is 24.3 Å². The van der Waals surface area contributed by atoms with Gasteiger partial charge in [0, 0.05) is 41.7 Å². The predicted octanol–water partition coefficient (Wildman–Crippen LogP) is 4.99. The number of nitrogens with one attached hydrogen (secondary N) is 1. The number of aromatic nitrogens is 3. The molecule has 158 valence electrons. The fraction of sp³-hybridized carbons (Fsp3) is 0.105. The lowest BCUT2D eigenvalue weighted by atomic mass is 10.1. The Morgan fingerprint density at radius 1 is 1.23 bits per heavy atom. The Bertz CT molecular complexity index is 1330. The average molecular weight is 477 g/mol. The third-order valence-electron chi connectivity index (χ3n) is 4.43. The molecule has 0 unspecified atom stereocenters. The number of thiazole rings is 1. The smallest absolute Gasteiger partial charge is 0.293 e. The molecule has 9 nitrogen and oxygen atoms in total. The topological polar surface area (TPSA) is 106 Å². The number of nitro groups is 1. The van der Waals surface area contributed by atoms with Gasteiger partial charge in [-0.1, -0.05) is 23.2 Å². The third-order valence-corrected chi connectivity index (χ3v) is 5.81. The van der Waals surface area contributed by atoms with Crippen LogP contribution in [0.5, 0.6) is 0 Å². The highest BCUT2D eigenvalue weighted by Crippen LogP contribution is 2.33. The first-order valence-electron chi connectivity index (χ1n) is 8.81. The number of hydrogen-bond donors (Lipinski definition) is 1. The van der Waals surface area contributed by atoms with Gasteiger partial charge in [-0.3, -0.25) is 20.2 Å². The molecule has 0 atom stereocenters. The summed E-state index contributed by atoms with van der Waals surface area (Å²) in [5.74, 6) is -0.496. The summed E-state index contributed by atoms with van der Waals surface area (Å²) in [4.78, 5) is 29.9. The third kappa shape index (κ3) is 4.05. The maximum atomic E-state index is 12.7. The molecule has 4 aromatic rings. The van der Waals surface area contributed by atoms with Gasteiger partial charge >= 0.3 is 0 Å². The molecule has 0 aliphatic heterocycles. The summed E-state index contributed by atoms with van der Waals surface area (Å²) in [6.45, 7) is 0. The highest BCUT2D eigenvalue weighted by atomic mass is 35.5. The molecule has 0 aliphatic carbocycles. The first-order valence-corrected chi connectivity index (χ1v) is 10.4. The molecule has 0 aliphatic rings. The van der Waals surface area contributed by atoms with E-state index in [0.717, 1.165) is 0 Å². The summed E-state index contributed by atoms with van der Waals surface area (Å²) in [6.07, 6.45) is 0. The van der Waals surface area contributed by atoms with Gasteiger partial charge in [0.1, 0.15) is 5.69 Å². The summed E-state index contributed by atoms with van der Waals surface area (Å²) in [6, 6.07) is 9.34.